The van der Waals surface area contributed by atoms with Crippen molar-refractivity contribution >= 4 is 33.6 Å². The lowest BCUT2D eigenvalue weighted by Crippen LogP contribution is -2.62. The third kappa shape index (κ3) is 6.47. The van der Waals surface area contributed by atoms with Gasteiger partial charge in [0.1, 0.15) is 35.5 Å². The van der Waals surface area contributed by atoms with Crippen molar-refractivity contribution in [1.82, 2.24) is 19.8 Å². The van der Waals surface area contributed by atoms with Gasteiger partial charge < -0.3 is 28.6 Å². The van der Waals surface area contributed by atoms with Crippen LogP contribution in [0.1, 0.15) is 71.8 Å². The van der Waals surface area contributed by atoms with Gasteiger partial charge in [0.2, 0.25) is 0 Å². The van der Waals surface area contributed by atoms with Crippen LogP contribution in [-0.2, 0) is 15.9 Å². The number of amides is 1. The highest BCUT2D eigenvalue weighted by atomic mass is 19.1. The Morgan fingerprint density at radius 2 is 1.88 bits per heavy atom. The summed E-state index contributed by atoms with van der Waals surface area (Å²) in [7, 11) is 1.50. The SMILES string of the molecule is CCc1cccc2cc(OCOC)cc(-c3c(F)c4c5c(nc(OC[C@@]67CCCN6C[C@H](F)C7)nc5c3F)N3CC5CCC(C3CCO4)N5C(=O)OC(C)(C)C)c12. The van der Waals surface area contributed by atoms with Crippen LogP contribution in [0.4, 0.5) is 23.8 Å². The summed E-state index contributed by atoms with van der Waals surface area (Å²) >= 11 is 0. The molecule has 2 bridgehead atoms. The minimum atomic E-state index is -0.966. The fourth-order valence-corrected chi connectivity index (χ4v) is 10.2. The highest BCUT2D eigenvalue weighted by Gasteiger charge is 2.52. The molecule has 11 nitrogen and oxygen atoms in total. The van der Waals surface area contributed by atoms with Crippen molar-refractivity contribution in [3.63, 3.8) is 0 Å². The Kier molecular flexibility index (Phi) is 9.57. The second kappa shape index (κ2) is 14.4. The number of fused-ring (bicyclic) bond motifs is 7. The van der Waals surface area contributed by atoms with E-state index in [1.54, 1.807) is 6.07 Å². The van der Waals surface area contributed by atoms with Crippen LogP contribution in [-0.4, -0.2) is 108 Å². The van der Waals surface area contributed by atoms with E-state index in [0.717, 1.165) is 43.2 Å². The van der Waals surface area contributed by atoms with Crippen LogP contribution >= 0.6 is 0 Å². The van der Waals surface area contributed by atoms with Crippen molar-refractivity contribution in [2.75, 3.05) is 51.7 Å². The zero-order valence-electron chi connectivity index (χ0n) is 33.2. The van der Waals surface area contributed by atoms with E-state index in [2.05, 4.69) is 9.80 Å². The summed E-state index contributed by atoms with van der Waals surface area (Å²) in [6, 6.07) is 8.37. The summed E-state index contributed by atoms with van der Waals surface area (Å²) in [5.74, 6) is -1.25. The van der Waals surface area contributed by atoms with Crippen molar-refractivity contribution in [3.8, 4) is 28.6 Å². The maximum absolute atomic E-state index is 17.8. The highest BCUT2D eigenvalue weighted by Crippen LogP contribution is 2.49. The van der Waals surface area contributed by atoms with Crippen molar-refractivity contribution in [1.29, 1.82) is 0 Å². The first-order valence-corrected chi connectivity index (χ1v) is 20.2. The monoisotopic (exact) mass is 789 g/mol. The molecule has 5 aliphatic rings. The number of alkyl halides is 1. The number of rotatable bonds is 8. The summed E-state index contributed by atoms with van der Waals surface area (Å²) in [5, 5.41) is 1.54. The molecule has 1 aromatic heterocycles. The fourth-order valence-electron chi connectivity index (χ4n) is 10.2. The number of piperazine rings is 1. The zero-order valence-corrected chi connectivity index (χ0v) is 33.2. The Hall–Kier alpha value is -4.56. The topological polar surface area (TPSA) is 98.7 Å². The Balaban J connectivity index is 1.23. The first kappa shape index (κ1) is 38.0. The van der Waals surface area contributed by atoms with Gasteiger partial charge in [0.05, 0.1) is 41.2 Å². The average Bonchev–Trinajstić information content (AvgIpc) is 3.81. The van der Waals surface area contributed by atoms with Crippen molar-refractivity contribution in [3.05, 3.63) is 47.5 Å². The van der Waals surface area contributed by atoms with Crippen molar-refractivity contribution in [2.24, 2.45) is 0 Å². The van der Waals surface area contributed by atoms with E-state index >= 15 is 8.78 Å². The summed E-state index contributed by atoms with van der Waals surface area (Å²) in [6.45, 7) is 9.19. The number of nitrogens with zero attached hydrogens (tertiary/aromatic N) is 5. The van der Waals surface area contributed by atoms with Gasteiger partial charge in [0.15, 0.2) is 24.2 Å². The Morgan fingerprint density at radius 1 is 1.04 bits per heavy atom. The third-order valence-electron chi connectivity index (χ3n) is 12.5. The van der Waals surface area contributed by atoms with E-state index < -0.39 is 28.9 Å². The second-order valence-corrected chi connectivity index (χ2v) is 17.2. The molecule has 5 atom stereocenters. The van der Waals surface area contributed by atoms with Gasteiger partial charge in [0.25, 0.3) is 0 Å². The molecule has 0 aliphatic carbocycles. The Bertz CT molecular complexity index is 2240. The van der Waals surface area contributed by atoms with Crippen LogP contribution in [0.15, 0.2) is 30.3 Å². The summed E-state index contributed by atoms with van der Waals surface area (Å²) < 4.78 is 79.7. The number of benzene rings is 3. The predicted molar refractivity (Wildman–Crippen MR) is 209 cm³/mol. The number of aromatic nitrogens is 2. The van der Waals surface area contributed by atoms with Crippen LogP contribution in [0.25, 0.3) is 32.8 Å². The number of carbonyl (C=O) groups excluding carboxylic acids is 1. The maximum atomic E-state index is 17.8. The average molecular weight is 790 g/mol. The molecule has 14 heteroatoms. The largest absolute Gasteiger partial charge is 0.490 e. The smallest absolute Gasteiger partial charge is 0.410 e. The first-order valence-electron chi connectivity index (χ1n) is 20.2. The molecule has 0 radical (unpaired) electrons. The van der Waals surface area contributed by atoms with E-state index in [-0.39, 0.29) is 78.3 Å². The molecule has 4 fully saturated rings. The molecule has 5 aliphatic heterocycles. The molecule has 0 saturated carbocycles. The fraction of sp³-hybridized carbons (Fsp3) is 0.558. The van der Waals surface area contributed by atoms with E-state index in [0.29, 0.717) is 49.1 Å². The lowest BCUT2D eigenvalue weighted by atomic mass is 9.91. The standard InChI is InChI=1S/C43H50F3N5O6/c1-6-24-9-7-10-25-17-28(56-23-53-5)18-29(32(24)25)33-35(45)37-34-38(36(33)46)54-16-13-30-31-12-11-27(51(31)41(52)57-42(2,3)4)21-50(30)39(34)48-40(47-37)55-22-43-14-8-15-49(43)20-26(44)19-43/h7,9-10,17-18,26-27,30-31H,6,8,11-16,19-23H2,1-5H3/t26-,27?,30?,31?,43+/m1/s1. The van der Waals surface area contributed by atoms with Gasteiger partial charge in [-0.2, -0.15) is 9.97 Å². The van der Waals surface area contributed by atoms with E-state index in [4.69, 9.17) is 33.7 Å². The second-order valence-electron chi connectivity index (χ2n) is 17.2. The molecular formula is C43H50F3N5O6. The molecular weight excluding hydrogens is 739 g/mol. The van der Waals surface area contributed by atoms with E-state index in [1.807, 2.05) is 56.9 Å². The molecule has 6 heterocycles. The van der Waals surface area contributed by atoms with E-state index in [1.165, 1.54) is 7.11 Å². The van der Waals surface area contributed by atoms with Gasteiger partial charge in [-0.3, -0.25) is 9.80 Å². The van der Waals surface area contributed by atoms with Crippen molar-refractivity contribution < 1.29 is 41.7 Å². The van der Waals surface area contributed by atoms with E-state index in [9.17, 15) is 9.18 Å². The van der Waals surface area contributed by atoms with Crippen molar-refractivity contribution in [2.45, 2.75) is 108 Å². The molecule has 57 heavy (non-hydrogen) atoms. The molecule has 0 spiro atoms. The molecule has 3 unspecified atom stereocenters. The number of halogens is 3. The van der Waals surface area contributed by atoms with Gasteiger partial charge in [-0.1, -0.05) is 25.1 Å². The molecule has 1 amide bonds. The van der Waals surface area contributed by atoms with Gasteiger partial charge in [-0.15, -0.1) is 0 Å². The quantitative estimate of drug-likeness (QED) is 0.164. The van der Waals surface area contributed by atoms with Crippen LogP contribution in [0.2, 0.25) is 0 Å². The lowest BCUT2D eigenvalue weighted by molar-refractivity contribution is 0.00637. The van der Waals surface area contributed by atoms with Crippen LogP contribution in [0.3, 0.4) is 0 Å². The number of hydrogen-bond acceptors (Lipinski definition) is 10. The Morgan fingerprint density at radius 3 is 2.67 bits per heavy atom. The number of hydrogen-bond donors (Lipinski definition) is 0. The maximum Gasteiger partial charge on any atom is 0.410 e. The summed E-state index contributed by atoms with van der Waals surface area (Å²) in [6.07, 6.45) is 3.19. The normalized spacial score (nSPS) is 25.6. The molecule has 9 rings (SSSR count). The van der Waals surface area contributed by atoms with Gasteiger partial charge in [-0.25, -0.2) is 18.0 Å². The number of methoxy groups -OCH3 is 1. The Labute approximate surface area is 330 Å². The lowest BCUT2D eigenvalue weighted by Gasteiger charge is -2.48. The number of aryl methyl sites for hydroxylation is 1. The molecule has 4 aromatic rings. The zero-order chi connectivity index (χ0) is 39.8. The van der Waals surface area contributed by atoms with Gasteiger partial charge in [-0.05, 0) is 93.5 Å². The van der Waals surface area contributed by atoms with Crippen LogP contribution in [0, 0.1) is 11.6 Å². The first-order chi connectivity index (χ1) is 27.4. The number of ether oxygens (including phenoxy) is 5. The number of carbonyl (C=O) groups is 1. The number of anilines is 1. The molecule has 304 valence electrons. The minimum absolute atomic E-state index is 0.0564. The minimum Gasteiger partial charge on any atom is -0.490 e. The molecule has 0 N–H and O–H groups in total. The van der Waals surface area contributed by atoms with Gasteiger partial charge in [0, 0.05) is 33.0 Å². The van der Waals surface area contributed by atoms with Gasteiger partial charge >= 0.3 is 12.1 Å². The predicted octanol–water partition coefficient (Wildman–Crippen LogP) is 7.97. The van der Waals surface area contributed by atoms with Crippen LogP contribution < -0.4 is 19.1 Å². The summed E-state index contributed by atoms with van der Waals surface area (Å²) in [4.78, 5) is 29.3. The molecule has 4 saturated heterocycles. The molecule has 3 aromatic carbocycles. The summed E-state index contributed by atoms with van der Waals surface area (Å²) in [5.41, 5.74) is -0.443. The third-order valence-corrected chi connectivity index (χ3v) is 12.5. The van der Waals surface area contributed by atoms with Crippen LogP contribution in [0.5, 0.6) is 17.5 Å². The highest BCUT2D eigenvalue weighted by molar-refractivity contribution is 6.05.